The van der Waals surface area contributed by atoms with Gasteiger partial charge in [-0.3, -0.25) is 9.69 Å². The molecule has 1 aliphatic heterocycles. The van der Waals surface area contributed by atoms with Crippen molar-refractivity contribution in [3.8, 4) is 0 Å². The van der Waals surface area contributed by atoms with Gasteiger partial charge in [-0.25, -0.2) is 0 Å². The van der Waals surface area contributed by atoms with E-state index in [0.29, 0.717) is 19.0 Å². The van der Waals surface area contributed by atoms with Crippen molar-refractivity contribution in [2.24, 2.45) is 0 Å². The molecule has 5 nitrogen and oxygen atoms in total. The molecule has 1 heterocycles. The molecule has 1 saturated heterocycles. The molecule has 1 amide bonds. The zero-order valence-corrected chi connectivity index (χ0v) is 17.1. The molecular weight excluding hydrogens is 359 g/mol. The molecule has 0 spiro atoms. The van der Waals surface area contributed by atoms with Gasteiger partial charge in [-0.1, -0.05) is 12.1 Å². The molecule has 1 aromatic rings. The third-order valence-electron chi connectivity index (χ3n) is 4.49. The number of likely N-dealkylation sites (N-methyl/N-ethyl adjacent to an activating group) is 1. The van der Waals surface area contributed by atoms with Gasteiger partial charge in [0.1, 0.15) is 0 Å². The molecule has 0 aliphatic carbocycles. The average molecular weight is 391 g/mol. The van der Waals surface area contributed by atoms with Crippen molar-refractivity contribution in [3.05, 3.63) is 29.8 Å². The van der Waals surface area contributed by atoms with Crippen LogP contribution in [0.5, 0.6) is 0 Å². The van der Waals surface area contributed by atoms with E-state index in [1.165, 1.54) is 11.3 Å². The summed E-state index contributed by atoms with van der Waals surface area (Å²) in [6, 6.07) is 8.99. The van der Waals surface area contributed by atoms with Crippen LogP contribution < -0.4 is 15.5 Å². The quantitative estimate of drug-likeness (QED) is 0.747. The van der Waals surface area contributed by atoms with E-state index in [4.69, 9.17) is 0 Å². The highest BCUT2D eigenvalue weighted by Gasteiger charge is 2.17. The Morgan fingerprint density at radius 2 is 1.88 bits per heavy atom. The van der Waals surface area contributed by atoms with Crippen molar-refractivity contribution in [3.63, 3.8) is 0 Å². The lowest BCUT2D eigenvalue weighted by Gasteiger charge is -2.36. The van der Waals surface area contributed by atoms with Gasteiger partial charge >= 0.3 is 0 Å². The minimum Gasteiger partial charge on any atom is -0.369 e. The van der Waals surface area contributed by atoms with E-state index < -0.39 is 0 Å². The number of halogens is 2. The maximum Gasteiger partial charge on any atom is 0.221 e. The minimum atomic E-state index is 0. The molecule has 25 heavy (non-hydrogen) atoms. The van der Waals surface area contributed by atoms with E-state index in [-0.39, 0.29) is 30.7 Å². The first-order valence-electron chi connectivity index (χ1n) is 8.56. The Kier molecular flexibility index (Phi) is 11.9. The van der Waals surface area contributed by atoms with Gasteiger partial charge in [0.2, 0.25) is 5.91 Å². The first-order valence-corrected chi connectivity index (χ1v) is 8.56. The normalized spacial score (nSPS) is 15.7. The third kappa shape index (κ3) is 8.27. The second kappa shape index (κ2) is 12.4. The molecule has 1 fully saturated rings. The maximum atomic E-state index is 11.9. The average Bonchev–Trinajstić information content (AvgIpc) is 2.58. The maximum absolute atomic E-state index is 11.9. The number of amides is 1. The number of hydrogen-bond donors (Lipinski definition) is 2. The number of nitrogens with zero attached hydrogens (tertiary/aromatic N) is 2. The first-order chi connectivity index (χ1) is 11.1. The summed E-state index contributed by atoms with van der Waals surface area (Å²) in [6.45, 7) is 9.84. The van der Waals surface area contributed by atoms with E-state index in [1.54, 1.807) is 0 Å². The molecule has 1 aromatic carbocycles. The molecule has 7 heteroatoms. The summed E-state index contributed by atoms with van der Waals surface area (Å²) in [5.41, 5.74) is 2.61. The molecule has 1 unspecified atom stereocenters. The zero-order valence-electron chi connectivity index (χ0n) is 15.5. The Balaban J connectivity index is 0.00000288. The van der Waals surface area contributed by atoms with Gasteiger partial charge in [0.25, 0.3) is 0 Å². The monoisotopic (exact) mass is 390 g/mol. The number of rotatable bonds is 7. The fraction of sp³-hybridized carbons (Fsp3) is 0.611. The van der Waals surface area contributed by atoms with Crippen molar-refractivity contribution in [1.29, 1.82) is 0 Å². The number of aryl methyl sites for hydroxylation is 1. The van der Waals surface area contributed by atoms with Crippen LogP contribution in [0.4, 0.5) is 5.69 Å². The Hall–Kier alpha value is -1.01. The number of carbonyl (C=O) groups excluding carboxylic acids is 1. The summed E-state index contributed by atoms with van der Waals surface area (Å²) in [7, 11) is 1.91. The van der Waals surface area contributed by atoms with Crippen LogP contribution in [0.15, 0.2) is 24.3 Å². The Morgan fingerprint density at radius 1 is 1.20 bits per heavy atom. The van der Waals surface area contributed by atoms with Crippen LogP contribution in [0.2, 0.25) is 0 Å². The number of piperazine rings is 1. The molecule has 0 radical (unpaired) electrons. The number of carbonyl (C=O) groups is 1. The molecule has 2 rings (SSSR count). The molecule has 0 aromatic heterocycles. The van der Waals surface area contributed by atoms with Gasteiger partial charge in [0, 0.05) is 57.4 Å². The largest absolute Gasteiger partial charge is 0.369 e. The highest BCUT2D eigenvalue weighted by atomic mass is 35.5. The number of anilines is 1. The van der Waals surface area contributed by atoms with Crippen molar-refractivity contribution in [2.75, 3.05) is 51.2 Å². The first kappa shape index (κ1) is 24.0. The summed E-state index contributed by atoms with van der Waals surface area (Å²) < 4.78 is 0. The smallest absolute Gasteiger partial charge is 0.221 e. The Morgan fingerprint density at radius 3 is 2.48 bits per heavy atom. The molecule has 1 atom stereocenters. The number of benzene rings is 1. The molecule has 0 bridgehead atoms. The highest BCUT2D eigenvalue weighted by molar-refractivity contribution is 5.85. The van der Waals surface area contributed by atoms with Gasteiger partial charge in [0.15, 0.2) is 0 Å². The van der Waals surface area contributed by atoms with Crippen LogP contribution in [0.1, 0.15) is 18.9 Å². The van der Waals surface area contributed by atoms with E-state index in [0.717, 1.165) is 32.7 Å². The van der Waals surface area contributed by atoms with Gasteiger partial charge < -0.3 is 15.5 Å². The molecule has 0 saturated carbocycles. The molecule has 144 valence electrons. The highest BCUT2D eigenvalue weighted by Crippen LogP contribution is 2.17. The van der Waals surface area contributed by atoms with Gasteiger partial charge in [-0.05, 0) is 38.6 Å². The topological polar surface area (TPSA) is 47.6 Å². The number of nitrogens with one attached hydrogen (secondary N) is 2. The van der Waals surface area contributed by atoms with E-state index in [2.05, 4.69) is 58.5 Å². The lowest BCUT2D eigenvalue weighted by molar-refractivity contribution is -0.121. The van der Waals surface area contributed by atoms with Crippen LogP contribution in [-0.4, -0.2) is 63.2 Å². The van der Waals surface area contributed by atoms with Gasteiger partial charge in [-0.2, -0.15) is 0 Å². The molecule has 2 N–H and O–H groups in total. The van der Waals surface area contributed by atoms with Crippen LogP contribution in [0, 0.1) is 6.92 Å². The van der Waals surface area contributed by atoms with Gasteiger partial charge in [-0.15, -0.1) is 24.8 Å². The Labute approximate surface area is 164 Å². The second-order valence-corrected chi connectivity index (χ2v) is 6.41. The predicted molar refractivity (Wildman–Crippen MR) is 110 cm³/mol. The van der Waals surface area contributed by atoms with Crippen molar-refractivity contribution >= 4 is 36.4 Å². The third-order valence-corrected chi connectivity index (χ3v) is 4.49. The minimum absolute atomic E-state index is 0. The summed E-state index contributed by atoms with van der Waals surface area (Å²) in [6.07, 6.45) is 0.584. The van der Waals surface area contributed by atoms with Crippen molar-refractivity contribution in [2.45, 2.75) is 26.3 Å². The van der Waals surface area contributed by atoms with E-state index in [9.17, 15) is 4.79 Å². The van der Waals surface area contributed by atoms with Crippen LogP contribution in [0.3, 0.4) is 0 Å². The summed E-state index contributed by atoms with van der Waals surface area (Å²) in [5, 5.41) is 6.09. The standard InChI is InChI=1S/C18H30N4O.2ClH/c1-15-5-4-6-17(13-15)22-11-9-21(10-12-22)8-7-18(23)20-14-16(2)19-3;;/h4-6,13,16,19H,7-12,14H2,1-3H3,(H,20,23);2*1H. The summed E-state index contributed by atoms with van der Waals surface area (Å²) in [5.74, 6) is 0.146. The van der Waals surface area contributed by atoms with Crippen LogP contribution in [-0.2, 0) is 4.79 Å². The van der Waals surface area contributed by atoms with Crippen LogP contribution in [0.25, 0.3) is 0 Å². The molecular formula is C18H32Cl2N4O. The number of hydrogen-bond acceptors (Lipinski definition) is 4. The lowest BCUT2D eigenvalue weighted by atomic mass is 10.2. The van der Waals surface area contributed by atoms with Gasteiger partial charge in [0.05, 0.1) is 0 Å². The van der Waals surface area contributed by atoms with E-state index >= 15 is 0 Å². The fourth-order valence-electron chi connectivity index (χ4n) is 2.77. The Bertz CT molecular complexity index is 508. The van der Waals surface area contributed by atoms with Crippen molar-refractivity contribution < 1.29 is 4.79 Å². The second-order valence-electron chi connectivity index (χ2n) is 6.41. The van der Waals surface area contributed by atoms with Crippen LogP contribution >= 0.6 is 24.8 Å². The van der Waals surface area contributed by atoms with Crippen molar-refractivity contribution in [1.82, 2.24) is 15.5 Å². The summed E-state index contributed by atoms with van der Waals surface area (Å²) >= 11 is 0. The fourth-order valence-corrected chi connectivity index (χ4v) is 2.77. The predicted octanol–water partition coefficient (Wildman–Crippen LogP) is 2.07. The van der Waals surface area contributed by atoms with E-state index in [1.807, 2.05) is 7.05 Å². The lowest BCUT2D eigenvalue weighted by Crippen LogP contribution is -2.47. The molecule has 1 aliphatic rings. The zero-order chi connectivity index (χ0) is 16.7. The SMILES string of the molecule is CNC(C)CNC(=O)CCN1CCN(c2cccc(C)c2)CC1.Cl.Cl. The summed E-state index contributed by atoms with van der Waals surface area (Å²) in [4.78, 5) is 16.7.